The maximum atomic E-state index is 11.1. The number of hydrogen-bond acceptors (Lipinski definition) is 2. The Morgan fingerprint density at radius 1 is 1.22 bits per heavy atom. The number of rotatable bonds is 7. The van der Waals surface area contributed by atoms with Crippen molar-refractivity contribution in [1.29, 1.82) is 0 Å². The van der Waals surface area contributed by atoms with Gasteiger partial charge in [0.05, 0.1) is 12.0 Å². The molecule has 0 saturated carbocycles. The second-order valence-electron chi connectivity index (χ2n) is 5.43. The first-order valence-corrected chi connectivity index (χ1v) is 6.47. The first-order valence-electron chi connectivity index (χ1n) is 6.47. The molecule has 104 valence electrons. The molecule has 0 aliphatic carbocycles. The minimum absolute atomic E-state index is 0.0840. The highest BCUT2D eigenvalue weighted by molar-refractivity contribution is 5.71. The van der Waals surface area contributed by atoms with Gasteiger partial charge < -0.3 is 10.2 Å². The molecule has 0 spiro atoms. The maximum absolute atomic E-state index is 11.1. The molecule has 3 heteroatoms. The van der Waals surface area contributed by atoms with E-state index in [0.717, 1.165) is 18.4 Å². The van der Waals surface area contributed by atoms with E-state index in [1.54, 1.807) is 6.08 Å². The van der Waals surface area contributed by atoms with Crippen molar-refractivity contribution in [3.8, 4) is 0 Å². The summed E-state index contributed by atoms with van der Waals surface area (Å²) in [6.07, 6.45) is 4.69. The number of aliphatic hydroxyl groups excluding tert-OH is 1. The van der Waals surface area contributed by atoms with Crippen LogP contribution in [0.2, 0.25) is 0 Å². The van der Waals surface area contributed by atoms with Gasteiger partial charge >= 0.3 is 5.97 Å². The van der Waals surface area contributed by atoms with Crippen LogP contribution >= 0.6 is 0 Å². The Morgan fingerprint density at radius 2 is 1.78 bits per heavy atom. The first kappa shape index (κ1) is 16.9. The van der Waals surface area contributed by atoms with Crippen molar-refractivity contribution in [3.05, 3.63) is 23.3 Å². The Balaban J connectivity index is 4.54. The molecular weight excluding hydrogens is 228 g/mol. The number of aliphatic hydroxyl groups is 1. The number of carboxylic acid groups (broad SMARTS) is 1. The lowest BCUT2D eigenvalue weighted by atomic mass is 9.89. The summed E-state index contributed by atoms with van der Waals surface area (Å²) < 4.78 is 0. The maximum Gasteiger partial charge on any atom is 0.309 e. The van der Waals surface area contributed by atoms with Crippen molar-refractivity contribution in [2.75, 3.05) is 0 Å². The number of allylic oxidation sites excluding steroid dienone is 3. The monoisotopic (exact) mass is 254 g/mol. The van der Waals surface area contributed by atoms with Crippen molar-refractivity contribution in [3.63, 3.8) is 0 Å². The fourth-order valence-corrected chi connectivity index (χ4v) is 1.89. The van der Waals surface area contributed by atoms with Gasteiger partial charge in [-0.2, -0.15) is 0 Å². The zero-order chi connectivity index (χ0) is 14.3. The van der Waals surface area contributed by atoms with Crippen LogP contribution in [0.15, 0.2) is 23.3 Å². The molecule has 0 heterocycles. The van der Waals surface area contributed by atoms with Gasteiger partial charge in [-0.15, -0.1) is 0 Å². The summed E-state index contributed by atoms with van der Waals surface area (Å²) in [5.41, 5.74) is 2.31. The van der Waals surface area contributed by atoms with E-state index >= 15 is 0 Å². The summed E-state index contributed by atoms with van der Waals surface area (Å²) in [5, 5.41) is 19.0. The first-order chi connectivity index (χ1) is 8.25. The van der Waals surface area contributed by atoms with Crippen LogP contribution in [0.5, 0.6) is 0 Å². The summed E-state index contributed by atoms with van der Waals surface area (Å²) in [7, 11) is 0. The normalized spacial score (nSPS) is 15.4. The quantitative estimate of drug-likeness (QED) is 0.685. The Morgan fingerprint density at radius 3 is 2.17 bits per heavy atom. The van der Waals surface area contributed by atoms with Gasteiger partial charge in [-0.05, 0) is 39.5 Å². The third-order valence-corrected chi connectivity index (χ3v) is 2.92. The van der Waals surface area contributed by atoms with Gasteiger partial charge in [0, 0.05) is 0 Å². The molecule has 0 aliphatic rings. The number of hydrogen-bond donors (Lipinski definition) is 2. The predicted molar refractivity (Wildman–Crippen MR) is 74.4 cm³/mol. The van der Waals surface area contributed by atoms with Gasteiger partial charge in [-0.3, -0.25) is 4.79 Å². The highest BCUT2D eigenvalue weighted by Crippen LogP contribution is 2.19. The number of carbonyl (C=O) groups is 1. The van der Waals surface area contributed by atoms with E-state index in [1.165, 1.54) is 5.57 Å². The minimum Gasteiger partial charge on any atom is -0.481 e. The molecule has 0 amide bonds. The van der Waals surface area contributed by atoms with Crippen molar-refractivity contribution >= 4 is 5.97 Å². The SMILES string of the molecule is CC(C)=CCC/C(C)=C/C(O)C(C(=O)O)C(C)C. The molecule has 3 nitrogen and oxygen atoms in total. The van der Waals surface area contributed by atoms with Crippen LogP contribution < -0.4 is 0 Å². The van der Waals surface area contributed by atoms with Crippen molar-refractivity contribution in [1.82, 2.24) is 0 Å². The molecule has 0 aliphatic heterocycles. The van der Waals surface area contributed by atoms with Gasteiger partial charge in [0.1, 0.15) is 0 Å². The molecule has 0 aromatic carbocycles. The lowest BCUT2D eigenvalue weighted by Crippen LogP contribution is -2.31. The average Bonchev–Trinajstić information content (AvgIpc) is 2.14. The van der Waals surface area contributed by atoms with E-state index in [1.807, 2.05) is 34.6 Å². The molecule has 2 N–H and O–H groups in total. The van der Waals surface area contributed by atoms with Gasteiger partial charge in [-0.1, -0.05) is 37.1 Å². The largest absolute Gasteiger partial charge is 0.481 e. The summed E-state index contributed by atoms with van der Waals surface area (Å²) >= 11 is 0. The minimum atomic E-state index is -0.939. The van der Waals surface area contributed by atoms with Crippen LogP contribution in [-0.2, 0) is 4.79 Å². The average molecular weight is 254 g/mol. The van der Waals surface area contributed by atoms with Crippen molar-refractivity contribution in [2.24, 2.45) is 11.8 Å². The van der Waals surface area contributed by atoms with E-state index < -0.39 is 18.0 Å². The number of carboxylic acids is 1. The highest BCUT2D eigenvalue weighted by atomic mass is 16.4. The summed E-state index contributed by atoms with van der Waals surface area (Å²) in [5.74, 6) is -1.76. The van der Waals surface area contributed by atoms with E-state index in [0.29, 0.717) is 0 Å². The zero-order valence-electron chi connectivity index (χ0n) is 12.1. The lowest BCUT2D eigenvalue weighted by molar-refractivity contribution is -0.146. The molecule has 2 atom stereocenters. The third kappa shape index (κ3) is 6.60. The zero-order valence-corrected chi connectivity index (χ0v) is 12.1. The highest BCUT2D eigenvalue weighted by Gasteiger charge is 2.28. The molecule has 0 fully saturated rings. The topological polar surface area (TPSA) is 57.5 Å². The fourth-order valence-electron chi connectivity index (χ4n) is 1.89. The lowest BCUT2D eigenvalue weighted by Gasteiger charge is -2.20. The standard InChI is InChI=1S/C15H26O3/c1-10(2)7-6-8-12(5)9-13(16)14(11(3)4)15(17)18/h7,9,11,13-14,16H,6,8H2,1-5H3,(H,17,18)/b12-9+. The van der Waals surface area contributed by atoms with Gasteiger partial charge in [0.25, 0.3) is 0 Å². The predicted octanol–water partition coefficient (Wildman–Crippen LogP) is 3.40. The molecule has 18 heavy (non-hydrogen) atoms. The van der Waals surface area contributed by atoms with E-state index in [2.05, 4.69) is 6.08 Å². The van der Waals surface area contributed by atoms with Crippen LogP contribution in [0.4, 0.5) is 0 Å². The van der Waals surface area contributed by atoms with Gasteiger partial charge in [-0.25, -0.2) is 0 Å². The Bertz CT molecular complexity index is 323. The van der Waals surface area contributed by atoms with Crippen molar-refractivity contribution in [2.45, 2.75) is 53.6 Å². The van der Waals surface area contributed by atoms with E-state index in [-0.39, 0.29) is 5.92 Å². The van der Waals surface area contributed by atoms with E-state index in [4.69, 9.17) is 5.11 Å². The second-order valence-corrected chi connectivity index (χ2v) is 5.43. The molecule has 0 rings (SSSR count). The molecule has 2 unspecified atom stereocenters. The summed E-state index contributed by atoms with van der Waals surface area (Å²) in [6.45, 7) is 9.66. The molecule has 0 aromatic rings. The van der Waals surface area contributed by atoms with E-state index in [9.17, 15) is 9.90 Å². The van der Waals surface area contributed by atoms with Crippen LogP contribution in [0, 0.1) is 11.8 Å². The summed E-state index contributed by atoms with van der Waals surface area (Å²) in [6, 6.07) is 0. The number of aliphatic carboxylic acids is 1. The van der Waals surface area contributed by atoms with Crippen LogP contribution in [0.3, 0.4) is 0 Å². The Kier molecular flexibility index (Phi) is 7.60. The van der Waals surface area contributed by atoms with Crippen LogP contribution in [0.25, 0.3) is 0 Å². The second kappa shape index (κ2) is 8.09. The smallest absolute Gasteiger partial charge is 0.309 e. The third-order valence-electron chi connectivity index (χ3n) is 2.92. The molecule has 0 radical (unpaired) electrons. The van der Waals surface area contributed by atoms with Gasteiger partial charge in [0.15, 0.2) is 0 Å². The van der Waals surface area contributed by atoms with Gasteiger partial charge in [0.2, 0.25) is 0 Å². The summed E-state index contributed by atoms with van der Waals surface area (Å²) in [4.78, 5) is 11.1. The van der Waals surface area contributed by atoms with Crippen LogP contribution in [-0.4, -0.2) is 22.3 Å². The van der Waals surface area contributed by atoms with Crippen LogP contribution in [0.1, 0.15) is 47.5 Å². The van der Waals surface area contributed by atoms with Crippen molar-refractivity contribution < 1.29 is 15.0 Å². The molecular formula is C15H26O3. The molecule has 0 aromatic heterocycles. The Hall–Kier alpha value is -1.09. The molecule has 0 saturated heterocycles. The molecule has 0 bridgehead atoms. The fraction of sp³-hybridized carbons (Fsp3) is 0.667. The Labute approximate surface area is 110 Å².